The average Bonchev–Trinajstić information content (AvgIpc) is 3.37. The van der Waals surface area contributed by atoms with Crippen molar-refractivity contribution >= 4 is 15.7 Å². The number of nitrogens with one attached hydrogen (secondary N) is 1. The molecule has 3 rings (SSSR count). The van der Waals surface area contributed by atoms with Crippen molar-refractivity contribution in [2.45, 2.75) is 50.1 Å². The zero-order valence-corrected chi connectivity index (χ0v) is 16.5. The highest BCUT2D eigenvalue weighted by atomic mass is 32.2. The van der Waals surface area contributed by atoms with Gasteiger partial charge in [0.15, 0.2) is 15.5 Å². The summed E-state index contributed by atoms with van der Waals surface area (Å²) >= 11 is 0. The predicted octanol–water partition coefficient (Wildman–Crippen LogP) is 3.25. The molecule has 1 aliphatic carbocycles. The molecule has 1 saturated carbocycles. The molecular formula is C19H22F3N3O3S. The first kappa shape index (κ1) is 21.4. The van der Waals surface area contributed by atoms with E-state index in [1.807, 2.05) is 0 Å². The van der Waals surface area contributed by atoms with Crippen molar-refractivity contribution in [3.8, 4) is 5.69 Å². The number of nitrogens with zero attached hydrogens (tertiary/aromatic N) is 2. The third-order valence-electron chi connectivity index (χ3n) is 4.99. The Kier molecular flexibility index (Phi) is 6.30. The number of carbonyl (C=O) groups excluding carboxylic acids is 1. The predicted molar refractivity (Wildman–Crippen MR) is 101 cm³/mol. The van der Waals surface area contributed by atoms with Crippen LogP contribution in [0.4, 0.5) is 13.2 Å². The third-order valence-corrected chi connectivity index (χ3v) is 7.25. The molecule has 1 aliphatic rings. The van der Waals surface area contributed by atoms with E-state index in [1.165, 1.54) is 6.20 Å². The minimum atomic E-state index is -4.50. The smallest absolute Gasteiger partial charge is 0.352 e. The fourth-order valence-electron chi connectivity index (χ4n) is 3.32. The first-order valence-electron chi connectivity index (χ1n) is 9.35. The normalized spacial score (nSPS) is 15.6. The third kappa shape index (κ3) is 5.59. The fraction of sp³-hybridized carbons (Fsp3) is 0.474. The molecular weight excluding hydrogens is 407 g/mol. The van der Waals surface area contributed by atoms with Gasteiger partial charge >= 0.3 is 6.18 Å². The van der Waals surface area contributed by atoms with E-state index in [1.54, 1.807) is 24.3 Å². The Labute approximate surface area is 167 Å². The number of hydrogen-bond acceptors (Lipinski definition) is 4. The minimum Gasteiger partial charge on any atom is -0.352 e. The van der Waals surface area contributed by atoms with Gasteiger partial charge in [-0.3, -0.25) is 4.79 Å². The molecule has 1 aromatic heterocycles. The van der Waals surface area contributed by atoms with Gasteiger partial charge in [0.1, 0.15) is 0 Å². The lowest BCUT2D eigenvalue weighted by Crippen LogP contribution is -2.28. The molecule has 0 unspecified atom stereocenters. The van der Waals surface area contributed by atoms with Crippen molar-refractivity contribution in [1.82, 2.24) is 15.1 Å². The minimum absolute atomic E-state index is 0.0789. The Balaban J connectivity index is 1.50. The van der Waals surface area contributed by atoms with Gasteiger partial charge in [-0.05, 0) is 36.6 Å². The topological polar surface area (TPSA) is 81.1 Å². The maximum absolute atomic E-state index is 12.6. The lowest BCUT2D eigenvalue weighted by atomic mass is 10.2. The van der Waals surface area contributed by atoms with Crippen LogP contribution in [0.25, 0.3) is 5.69 Å². The Morgan fingerprint density at radius 1 is 1.14 bits per heavy atom. The first-order chi connectivity index (χ1) is 13.6. The Morgan fingerprint density at radius 2 is 1.79 bits per heavy atom. The van der Waals surface area contributed by atoms with E-state index in [-0.39, 0.29) is 29.9 Å². The SMILES string of the molecule is O=C(CCS(=O)(=O)C1CCCC1)NCc1ccc(-n2ccc(C(F)(F)F)n2)cc1. The molecule has 0 radical (unpaired) electrons. The van der Waals surface area contributed by atoms with Gasteiger partial charge in [-0.1, -0.05) is 25.0 Å². The van der Waals surface area contributed by atoms with Gasteiger partial charge in [0, 0.05) is 19.2 Å². The van der Waals surface area contributed by atoms with E-state index in [9.17, 15) is 26.4 Å². The Bertz CT molecular complexity index is 947. The van der Waals surface area contributed by atoms with E-state index in [0.717, 1.165) is 29.2 Å². The van der Waals surface area contributed by atoms with E-state index < -0.39 is 21.7 Å². The van der Waals surface area contributed by atoms with Gasteiger partial charge in [-0.2, -0.15) is 18.3 Å². The molecule has 0 aliphatic heterocycles. The second kappa shape index (κ2) is 8.56. The molecule has 0 spiro atoms. The molecule has 29 heavy (non-hydrogen) atoms. The number of alkyl halides is 3. The molecule has 0 bridgehead atoms. The Hall–Kier alpha value is -2.36. The number of sulfone groups is 1. The number of hydrogen-bond donors (Lipinski definition) is 1. The van der Waals surface area contributed by atoms with Crippen LogP contribution in [0, 0.1) is 0 Å². The van der Waals surface area contributed by atoms with Crippen LogP contribution in [-0.2, 0) is 27.4 Å². The van der Waals surface area contributed by atoms with Crippen LogP contribution in [0.2, 0.25) is 0 Å². The zero-order chi connectivity index (χ0) is 21.1. The maximum Gasteiger partial charge on any atom is 0.435 e. The summed E-state index contributed by atoms with van der Waals surface area (Å²) in [6.45, 7) is 0.204. The maximum atomic E-state index is 12.6. The average molecular weight is 429 g/mol. The van der Waals surface area contributed by atoms with Gasteiger partial charge in [0.2, 0.25) is 5.91 Å². The Morgan fingerprint density at radius 3 is 2.38 bits per heavy atom. The van der Waals surface area contributed by atoms with Crippen molar-refractivity contribution in [2.24, 2.45) is 0 Å². The van der Waals surface area contributed by atoms with Crippen LogP contribution in [-0.4, -0.2) is 35.1 Å². The molecule has 0 atom stereocenters. The van der Waals surface area contributed by atoms with Gasteiger partial charge in [-0.25, -0.2) is 13.1 Å². The van der Waals surface area contributed by atoms with Crippen LogP contribution in [0.5, 0.6) is 0 Å². The van der Waals surface area contributed by atoms with Crippen molar-refractivity contribution in [1.29, 1.82) is 0 Å². The molecule has 1 aromatic carbocycles. The number of amides is 1. The highest BCUT2D eigenvalue weighted by Gasteiger charge is 2.33. The van der Waals surface area contributed by atoms with Gasteiger partial charge < -0.3 is 5.32 Å². The van der Waals surface area contributed by atoms with Crippen molar-refractivity contribution < 1.29 is 26.4 Å². The molecule has 6 nitrogen and oxygen atoms in total. The van der Waals surface area contributed by atoms with Crippen molar-refractivity contribution in [3.63, 3.8) is 0 Å². The zero-order valence-electron chi connectivity index (χ0n) is 15.7. The van der Waals surface area contributed by atoms with Crippen LogP contribution in [0.15, 0.2) is 36.5 Å². The quantitative estimate of drug-likeness (QED) is 0.733. The van der Waals surface area contributed by atoms with Gasteiger partial charge in [0.05, 0.1) is 16.7 Å². The summed E-state index contributed by atoms with van der Waals surface area (Å²) in [6.07, 6.45) is -0.159. The summed E-state index contributed by atoms with van der Waals surface area (Å²) in [5, 5.41) is 5.85. The van der Waals surface area contributed by atoms with Crippen molar-refractivity contribution in [2.75, 3.05) is 5.75 Å². The fourth-order valence-corrected chi connectivity index (χ4v) is 5.18. The molecule has 1 N–H and O–H groups in total. The molecule has 0 saturated heterocycles. The first-order valence-corrected chi connectivity index (χ1v) is 11.1. The lowest BCUT2D eigenvalue weighted by molar-refractivity contribution is -0.141. The van der Waals surface area contributed by atoms with Crippen molar-refractivity contribution in [3.05, 3.63) is 47.8 Å². The van der Waals surface area contributed by atoms with E-state index in [0.29, 0.717) is 18.5 Å². The standard InChI is InChI=1S/C19H22F3N3O3S/c20-19(21,22)17-9-11-25(24-17)15-7-5-14(6-8-15)13-23-18(26)10-12-29(27,28)16-3-1-2-4-16/h5-9,11,16H,1-4,10,12-13H2,(H,23,26). The molecule has 1 fully saturated rings. The lowest BCUT2D eigenvalue weighted by Gasteiger charge is -2.11. The number of carbonyl (C=O) groups is 1. The molecule has 1 amide bonds. The molecule has 2 aromatic rings. The summed E-state index contributed by atoms with van der Waals surface area (Å²) in [5.74, 6) is -0.499. The van der Waals surface area contributed by atoms with Gasteiger partial charge in [0.25, 0.3) is 0 Å². The van der Waals surface area contributed by atoms with E-state index >= 15 is 0 Å². The largest absolute Gasteiger partial charge is 0.435 e. The second-order valence-corrected chi connectivity index (χ2v) is 9.51. The molecule has 10 heteroatoms. The van der Waals surface area contributed by atoms with E-state index in [2.05, 4.69) is 10.4 Å². The second-order valence-electron chi connectivity index (χ2n) is 7.11. The summed E-state index contributed by atoms with van der Waals surface area (Å²) in [6, 6.07) is 7.42. The highest BCUT2D eigenvalue weighted by Crippen LogP contribution is 2.28. The van der Waals surface area contributed by atoms with E-state index in [4.69, 9.17) is 0 Å². The number of rotatable bonds is 7. The number of aromatic nitrogens is 2. The van der Waals surface area contributed by atoms with Crippen LogP contribution >= 0.6 is 0 Å². The van der Waals surface area contributed by atoms with Crippen LogP contribution in [0.1, 0.15) is 43.4 Å². The molecule has 158 valence electrons. The highest BCUT2D eigenvalue weighted by molar-refractivity contribution is 7.92. The van der Waals surface area contributed by atoms with Gasteiger partial charge in [-0.15, -0.1) is 0 Å². The number of benzene rings is 1. The molecule has 1 heterocycles. The summed E-state index contributed by atoms with van der Waals surface area (Å²) in [7, 11) is -3.23. The summed E-state index contributed by atoms with van der Waals surface area (Å²) in [5.41, 5.74) is 0.226. The number of halogens is 3. The summed E-state index contributed by atoms with van der Waals surface area (Å²) in [4.78, 5) is 12.0. The van der Waals surface area contributed by atoms with Crippen LogP contribution in [0.3, 0.4) is 0 Å². The monoisotopic (exact) mass is 429 g/mol. The van der Waals surface area contributed by atoms with Crippen LogP contribution < -0.4 is 5.32 Å². The summed E-state index contributed by atoms with van der Waals surface area (Å²) < 4.78 is 63.4.